The summed E-state index contributed by atoms with van der Waals surface area (Å²) in [5, 5.41) is 0. The molecule has 3 fully saturated rings. The first-order valence-corrected chi connectivity index (χ1v) is 8.33. The van der Waals surface area contributed by atoms with Crippen molar-refractivity contribution >= 4 is 17.8 Å². The lowest BCUT2D eigenvalue weighted by molar-refractivity contribution is -0.138. The van der Waals surface area contributed by atoms with Gasteiger partial charge in [-0.1, -0.05) is 36.8 Å². The van der Waals surface area contributed by atoms with Crippen LogP contribution in [-0.2, 0) is 9.59 Å². The van der Waals surface area contributed by atoms with Gasteiger partial charge in [-0.25, -0.2) is 0 Å². The van der Waals surface area contributed by atoms with E-state index < -0.39 is 5.54 Å². The number of hydrogen-bond donors (Lipinski definition) is 0. The largest absolute Gasteiger partial charge is 0.329 e. The Kier molecular flexibility index (Phi) is 3.17. The SMILES string of the molecule is O=C1CCC23C(=O)C(=Cc4ccccc4)C[C@@H]2CCCCN13. The zero-order chi connectivity index (χ0) is 15.2. The van der Waals surface area contributed by atoms with Gasteiger partial charge in [0.15, 0.2) is 5.78 Å². The molecule has 0 N–H and O–H groups in total. The van der Waals surface area contributed by atoms with Crippen molar-refractivity contribution in [3.8, 4) is 0 Å². The molecule has 0 radical (unpaired) electrons. The van der Waals surface area contributed by atoms with Crippen molar-refractivity contribution in [3.05, 3.63) is 41.5 Å². The minimum atomic E-state index is -0.506. The molecule has 2 aliphatic heterocycles. The first kappa shape index (κ1) is 13.7. The van der Waals surface area contributed by atoms with Crippen molar-refractivity contribution in [1.29, 1.82) is 0 Å². The molecule has 1 spiro atoms. The number of Topliss-reactive ketones (excluding diaryl/α,β-unsaturated/α-hetero) is 1. The summed E-state index contributed by atoms with van der Waals surface area (Å²) in [6.07, 6.45) is 7.37. The third-order valence-corrected chi connectivity index (χ3v) is 5.65. The lowest BCUT2D eigenvalue weighted by atomic mass is 9.82. The van der Waals surface area contributed by atoms with E-state index in [0.29, 0.717) is 12.3 Å². The summed E-state index contributed by atoms with van der Waals surface area (Å²) in [4.78, 5) is 27.4. The molecular weight excluding hydrogens is 274 g/mol. The van der Waals surface area contributed by atoms with Crippen LogP contribution in [0.3, 0.4) is 0 Å². The van der Waals surface area contributed by atoms with E-state index in [1.54, 1.807) is 0 Å². The number of benzene rings is 1. The summed E-state index contributed by atoms with van der Waals surface area (Å²) in [5.74, 6) is 0.722. The maximum absolute atomic E-state index is 13.2. The Bertz CT molecular complexity index is 649. The Balaban J connectivity index is 1.75. The second kappa shape index (κ2) is 5.08. The fourth-order valence-corrected chi connectivity index (χ4v) is 4.64. The van der Waals surface area contributed by atoms with E-state index in [9.17, 15) is 9.59 Å². The van der Waals surface area contributed by atoms with Crippen molar-refractivity contribution in [2.24, 2.45) is 5.92 Å². The van der Waals surface area contributed by atoms with Gasteiger partial charge in [0.05, 0.1) is 0 Å². The Hall–Kier alpha value is -1.90. The molecule has 0 bridgehead atoms. The Morgan fingerprint density at radius 3 is 2.77 bits per heavy atom. The number of hydrogen-bond acceptors (Lipinski definition) is 2. The molecule has 3 nitrogen and oxygen atoms in total. The van der Waals surface area contributed by atoms with Gasteiger partial charge < -0.3 is 4.90 Å². The van der Waals surface area contributed by atoms with Crippen molar-refractivity contribution in [2.45, 2.75) is 44.1 Å². The van der Waals surface area contributed by atoms with Crippen LogP contribution >= 0.6 is 0 Å². The fraction of sp³-hybridized carbons (Fsp3) is 0.474. The van der Waals surface area contributed by atoms with Crippen LogP contribution in [0.1, 0.15) is 44.1 Å². The molecule has 1 saturated carbocycles. The van der Waals surface area contributed by atoms with Gasteiger partial charge in [-0.2, -0.15) is 0 Å². The van der Waals surface area contributed by atoms with Crippen LogP contribution in [0.15, 0.2) is 35.9 Å². The minimum Gasteiger partial charge on any atom is -0.329 e. The first-order valence-electron chi connectivity index (χ1n) is 8.33. The number of carbonyl (C=O) groups excluding carboxylic acids is 2. The number of carbonyl (C=O) groups is 2. The maximum Gasteiger partial charge on any atom is 0.223 e. The number of ketones is 1. The Labute approximate surface area is 131 Å². The minimum absolute atomic E-state index is 0.182. The van der Waals surface area contributed by atoms with Crippen molar-refractivity contribution in [3.63, 3.8) is 0 Å². The highest BCUT2D eigenvalue weighted by molar-refractivity contribution is 6.11. The summed E-state index contributed by atoms with van der Waals surface area (Å²) in [6.45, 7) is 0.764. The van der Waals surface area contributed by atoms with Gasteiger partial charge in [-0.05, 0) is 48.8 Å². The van der Waals surface area contributed by atoms with E-state index in [0.717, 1.165) is 49.8 Å². The van der Waals surface area contributed by atoms with Gasteiger partial charge in [0.2, 0.25) is 5.91 Å². The van der Waals surface area contributed by atoms with E-state index in [-0.39, 0.29) is 11.7 Å². The number of amides is 1. The normalized spacial score (nSPS) is 33.0. The molecule has 1 aromatic rings. The van der Waals surface area contributed by atoms with Crippen LogP contribution in [0, 0.1) is 5.92 Å². The molecule has 2 saturated heterocycles. The molecule has 1 aromatic carbocycles. The van der Waals surface area contributed by atoms with Crippen molar-refractivity contribution in [1.82, 2.24) is 4.90 Å². The van der Waals surface area contributed by atoms with E-state index in [4.69, 9.17) is 0 Å². The van der Waals surface area contributed by atoms with Crippen LogP contribution in [0.25, 0.3) is 6.08 Å². The van der Waals surface area contributed by atoms with E-state index in [2.05, 4.69) is 0 Å². The predicted octanol–water partition coefficient (Wildman–Crippen LogP) is 3.20. The summed E-state index contributed by atoms with van der Waals surface area (Å²) < 4.78 is 0. The molecule has 3 aliphatic rings. The molecule has 4 rings (SSSR count). The van der Waals surface area contributed by atoms with E-state index in [1.807, 2.05) is 41.3 Å². The monoisotopic (exact) mass is 295 g/mol. The standard InChI is InChI=1S/C19H21NO2/c21-17-9-10-19-16(8-4-5-11-20(17)19)13-15(18(19)22)12-14-6-2-1-3-7-14/h1-3,6-7,12,16H,4-5,8-11,13H2/t16-,19?/m0/s1. The molecule has 1 aliphatic carbocycles. The van der Waals surface area contributed by atoms with Crippen LogP contribution in [-0.4, -0.2) is 28.7 Å². The van der Waals surface area contributed by atoms with Crippen molar-refractivity contribution in [2.75, 3.05) is 6.54 Å². The van der Waals surface area contributed by atoms with Crippen LogP contribution in [0.4, 0.5) is 0 Å². The second-order valence-corrected chi connectivity index (χ2v) is 6.78. The van der Waals surface area contributed by atoms with Gasteiger partial charge in [0.1, 0.15) is 5.54 Å². The zero-order valence-corrected chi connectivity index (χ0v) is 12.8. The highest BCUT2D eigenvalue weighted by Crippen LogP contribution is 2.51. The second-order valence-electron chi connectivity index (χ2n) is 6.78. The molecule has 3 heteroatoms. The highest BCUT2D eigenvalue weighted by atomic mass is 16.2. The van der Waals surface area contributed by atoms with E-state index >= 15 is 0 Å². The number of rotatable bonds is 1. The molecule has 114 valence electrons. The Morgan fingerprint density at radius 1 is 1.14 bits per heavy atom. The molecule has 22 heavy (non-hydrogen) atoms. The summed E-state index contributed by atoms with van der Waals surface area (Å²) >= 11 is 0. The highest BCUT2D eigenvalue weighted by Gasteiger charge is 2.60. The smallest absolute Gasteiger partial charge is 0.223 e. The molecule has 1 unspecified atom stereocenters. The molecule has 1 amide bonds. The van der Waals surface area contributed by atoms with Crippen LogP contribution in [0.2, 0.25) is 0 Å². The lowest BCUT2D eigenvalue weighted by Gasteiger charge is -2.36. The molecule has 2 heterocycles. The van der Waals surface area contributed by atoms with Gasteiger partial charge in [-0.15, -0.1) is 0 Å². The number of nitrogens with zero attached hydrogens (tertiary/aromatic N) is 1. The summed E-state index contributed by atoms with van der Waals surface area (Å²) in [5.41, 5.74) is 1.49. The predicted molar refractivity (Wildman–Crippen MR) is 85.1 cm³/mol. The van der Waals surface area contributed by atoms with Gasteiger partial charge in [-0.3, -0.25) is 9.59 Å². The molecular formula is C19H21NO2. The lowest BCUT2D eigenvalue weighted by Crippen LogP contribution is -2.52. The third-order valence-electron chi connectivity index (χ3n) is 5.65. The zero-order valence-electron chi connectivity index (χ0n) is 12.8. The van der Waals surface area contributed by atoms with Crippen molar-refractivity contribution < 1.29 is 9.59 Å². The first-order chi connectivity index (χ1) is 10.7. The fourth-order valence-electron chi connectivity index (χ4n) is 4.64. The Morgan fingerprint density at radius 2 is 1.95 bits per heavy atom. The van der Waals surface area contributed by atoms with Gasteiger partial charge in [0.25, 0.3) is 0 Å². The summed E-state index contributed by atoms with van der Waals surface area (Å²) in [6, 6.07) is 10.0. The topological polar surface area (TPSA) is 37.4 Å². The molecule has 2 atom stereocenters. The van der Waals surface area contributed by atoms with Gasteiger partial charge in [0, 0.05) is 13.0 Å². The average molecular weight is 295 g/mol. The quantitative estimate of drug-likeness (QED) is 0.746. The maximum atomic E-state index is 13.2. The van der Waals surface area contributed by atoms with Gasteiger partial charge >= 0.3 is 0 Å². The van der Waals surface area contributed by atoms with E-state index in [1.165, 1.54) is 0 Å². The van der Waals surface area contributed by atoms with Crippen LogP contribution < -0.4 is 0 Å². The average Bonchev–Trinajstić information content (AvgIpc) is 2.91. The third kappa shape index (κ3) is 1.88. The summed E-state index contributed by atoms with van der Waals surface area (Å²) in [7, 11) is 0. The van der Waals surface area contributed by atoms with Crippen LogP contribution in [0.5, 0.6) is 0 Å². The molecule has 0 aromatic heterocycles.